The summed E-state index contributed by atoms with van der Waals surface area (Å²) in [6.07, 6.45) is 8.47. The second-order valence-electron chi connectivity index (χ2n) is 7.26. The lowest BCUT2D eigenvalue weighted by Gasteiger charge is -2.38. The number of hydrogen-bond donors (Lipinski definition) is 1. The normalized spacial score (nSPS) is 33.7. The molecule has 2 saturated carbocycles. The summed E-state index contributed by atoms with van der Waals surface area (Å²) in [5.41, 5.74) is 3.05. The zero-order chi connectivity index (χ0) is 13.9. The molecule has 110 valence electrons. The van der Waals surface area contributed by atoms with Gasteiger partial charge in [0.2, 0.25) is 0 Å². The Morgan fingerprint density at radius 1 is 1.05 bits per heavy atom. The van der Waals surface area contributed by atoms with Crippen LogP contribution in [0.4, 0.5) is 0 Å². The maximum Gasteiger partial charge on any atom is 0.00788 e. The molecule has 0 atom stereocenters. The van der Waals surface area contributed by atoms with Crippen molar-refractivity contribution in [1.82, 2.24) is 5.32 Å². The maximum atomic E-state index is 3.82. The largest absolute Gasteiger partial charge is 0.314 e. The highest BCUT2D eigenvalue weighted by Gasteiger charge is 2.31. The van der Waals surface area contributed by atoms with Crippen molar-refractivity contribution in [2.24, 2.45) is 11.8 Å². The molecule has 20 heavy (non-hydrogen) atoms. The molecular weight excluding hydrogens is 242 g/mol. The van der Waals surface area contributed by atoms with Crippen LogP contribution in [0.25, 0.3) is 0 Å². The molecule has 1 N–H and O–H groups in total. The number of rotatable bonds is 4. The molecule has 0 saturated heterocycles. The third-order valence-corrected chi connectivity index (χ3v) is 5.60. The third-order valence-electron chi connectivity index (χ3n) is 5.60. The third kappa shape index (κ3) is 3.25. The van der Waals surface area contributed by atoms with Crippen molar-refractivity contribution in [1.29, 1.82) is 0 Å². The Morgan fingerprint density at radius 3 is 2.45 bits per heavy atom. The van der Waals surface area contributed by atoms with Crippen molar-refractivity contribution >= 4 is 0 Å². The van der Waals surface area contributed by atoms with Gasteiger partial charge >= 0.3 is 0 Å². The molecule has 0 unspecified atom stereocenters. The Balaban J connectivity index is 1.39. The van der Waals surface area contributed by atoms with Gasteiger partial charge in [0.1, 0.15) is 0 Å². The average Bonchev–Trinajstić information content (AvgIpc) is 2.41. The molecule has 0 spiro atoms. The Bertz CT molecular complexity index is 425. The molecule has 1 aromatic carbocycles. The molecule has 2 fully saturated rings. The molecule has 1 nitrogen and oxygen atoms in total. The van der Waals surface area contributed by atoms with Crippen molar-refractivity contribution in [3.05, 3.63) is 35.4 Å². The summed E-state index contributed by atoms with van der Waals surface area (Å²) in [5, 5.41) is 3.82. The summed E-state index contributed by atoms with van der Waals surface area (Å²) in [6.45, 7) is 5.92. The van der Waals surface area contributed by atoms with E-state index in [4.69, 9.17) is 0 Å². The molecule has 0 amide bonds. The quantitative estimate of drug-likeness (QED) is 0.840. The van der Waals surface area contributed by atoms with Crippen LogP contribution in [-0.4, -0.2) is 12.6 Å². The molecule has 0 bridgehead atoms. The Labute approximate surface area is 124 Å². The standard InChI is InChI=1S/C19H29N/c1-14-7-9-16(10-8-14)13-20-18-11-17(12-18)19-6-4-3-5-15(19)2/h3-6,14,16-18,20H,7-13H2,1-2H3. The summed E-state index contributed by atoms with van der Waals surface area (Å²) in [4.78, 5) is 0. The minimum absolute atomic E-state index is 0.777. The van der Waals surface area contributed by atoms with Crippen molar-refractivity contribution in [2.75, 3.05) is 6.54 Å². The van der Waals surface area contributed by atoms with Gasteiger partial charge in [-0.2, -0.15) is 0 Å². The predicted octanol–water partition coefficient (Wildman–Crippen LogP) is 4.66. The van der Waals surface area contributed by atoms with E-state index in [1.54, 1.807) is 5.56 Å². The van der Waals surface area contributed by atoms with Gasteiger partial charge in [-0.15, -0.1) is 0 Å². The minimum atomic E-state index is 0.777. The lowest BCUT2D eigenvalue weighted by Crippen LogP contribution is -2.42. The Hall–Kier alpha value is -0.820. The van der Waals surface area contributed by atoms with Crippen molar-refractivity contribution in [2.45, 2.75) is 64.3 Å². The summed E-state index contributed by atoms with van der Waals surface area (Å²) >= 11 is 0. The first kappa shape index (κ1) is 14.1. The molecule has 0 radical (unpaired) electrons. The molecule has 0 heterocycles. The monoisotopic (exact) mass is 271 g/mol. The SMILES string of the molecule is Cc1ccccc1C1CC(NCC2CCC(C)CC2)C1. The van der Waals surface area contributed by atoms with Crippen LogP contribution >= 0.6 is 0 Å². The molecule has 1 heteroatoms. The van der Waals surface area contributed by atoms with Crippen LogP contribution in [0.3, 0.4) is 0 Å². The van der Waals surface area contributed by atoms with E-state index in [1.807, 2.05) is 0 Å². The second-order valence-corrected chi connectivity index (χ2v) is 7.26. The topological polar surface area (TPSA) is 12.0 Å². The minimum Gasteiger partial charge on any atom is -0.314 e. The highest BCUT2D eigenvalue weighted by molar-refractivity contribution is 5.31. The van der Waals surface area contributed by atoms with Crippen molar-refractivity contribution in [3.8, 4) is 0 Å². The van der Waals surface area contributed by atoms with Gasteiger partial charge in [0.05, 0.1) is 0 Å². The highest BCUT2D eigenvalue weighted by Crippen LogP contribution is 2.38. The predicted molar refractivity (Wildman–Crippen MR) is 86.1 cm³/mol. The first-order valence-electron chi connectivity index (χ1n) is 8.51. The van der Waals surface area contributed by atoms with Crippen LogP contribution in [0.1, 0.15) is 62.5 Å². The fourth-order valence-electron chi connectivity index (χ4n) is 3.95. The summed E-state index contributed by atoms with van der Waals surface area (Å²) < 4.78 is 0. The Morgan fingerprint density at radius 2 is 1.75 bits per heavy atom. The fourth-order valence-corrected chi connectivity index (χ4v) is 3.95. The maximum absolute atomic E-state index is 3.82. The fraction of sp³-hybridized carbons (Fsp3) is 0.684. The van der Waals surface area contributed by atoms with Crippen LogP contribution in [0, 0.1) is 18.8 Å². The number of benzene rings is 1. The van der Waals surface area contributed by atoms with Gasteiger partial charge in [0, 0.05) is 6.04 Å². The van der Waals surface area contributed by atoms with Gasteiger partial charge in [-0.25, -0.2) is 0 Å². The van der Waals surface area contributed by atoms with E-state index < -0.39 is 0 Å². The summed E-state index contributed by atoms with van der Waals surface area (Å²) in [6, 6.07) is 9.68. The van der Waals surface area contributed by atoms with Gasteiger partial charge in [-0.3, -0.25) is 0 Å². The van der Waals surface area contributed by atoms with Crippen LogP contribution in [0.15, 0.2) is 24.3 Å². The lowest BCUT2D eigenvalue weighted by molar-refractivity contribution is 0.236. The molecule has 2 aliphatic carbocycles. The summed E-state index contributed by atoms with van der Waals surface area (Å²) in [7, 11) is 0. The van der Waals surface area contributed by atoms with E-state index in [2.05, 4.69) is 43.4 Å². The number of aryl methyl sites for hydroxylation is 1. The van der Waals surface area contributed by atoms with Gasteiger partial charge in [-0.1, -0.05) is 44.0 Å². The molecule has 3 rings (SSSR count). The van der Waals surface area contributed by atoms with Crippen molar-refractivity contribution < 1.29 is 0 Å². The van der Waals surface area contributed by atoms with E-state index in [0.717, 1.165) is 23.8 Å². The highest BCUT2D eigenvalue weighted by atomic mass is 14.9. The summed E-state index contributed by atoms with van der Waals surface area (Å²) in [5.74, 6) is 2.73. The van der Waals surface area contributed by atoms with Crippen LogP contribution in [-0.2, 0) is 0 Å². The average molecular weight is 271 g/mol. The van der Waals surface area contributed by atoms with Crippen LogP contribution in [0.2, 0.25) is 0 Å². The molecule has 0 aliphatic heterocycles. The molecule has 0 aromatic heterocycles. The molecule has 2 aliphatic rings. The zero-order valence-corrected chi connectivity index (χ0v) is 13.1. The van der Waals surface area contributed by atoms with Gasteiger partial charge in [0.15, 0.2) is 0 Å². The van der Waals surface area contributed by atoms with E-state index in [1.165, 1.54) is 50.6 Å². The van der Waals surface area contributed by atoms with E-state index >= 15 is 0 Å². The van der Waals surface area contributed by atoms with Gasteiger partial charge < -0.3 is 5.32 Å². The Kier molecular flexibility index (Phi) is 4.45. The lowest BCUT2D eigenvalue weighted by atomic mass is 9.74. The number of hydrogen-bond acceptors (Lipinski definition) is 1. The smallest absolute Gasteiger partial charge is 0.00788 e. The first-order chi connectivity index (χ1) is 9.72. The molecule has 1 aromatic rings. The second kappa shape index (κ2) is 6.30. The van der Waals surface area contributed by atoms with E-state index in [9.17, 15) is 0 Å². The zero-order valence-electron chi connectivity index (χ0n) is 13.1. The van der Waals surface area contributed by atoms with E-state index in [-0.39, 0.29) is 0 Å². The van der Waals surface area contributed by atoms with Crippen LogP contribution < -0.4 is 5.32 Å². The first-order valence-corrected chi connectivity index (χ1v) is 8.51. The van der Waals surface area contributed by atoms with Crippen LogP contribution in [0.5, 0.6) is 0 Å². The van der Waals surface area contributed by atoms with Crippen molar-refractivity contribution in [3.63, 3.8) is 0 Å². The van der Waals surface area contributed by atoms with Gasteiger partial charge in [-0.05, 0) is 68.0 Å². The van der Waals surface area contributed by atoms with Gasteiger partial charge in [0.25, 0.3) is 0 Å². The number of nitrogens with one attached hydrogen (secondary N) is 1. The van der Waals surface area contributed by atoms with E-state index in [0.29, 0.717) is 0 Å². The molecular formula is C19H29N.